The molecule has 2 nitrogen and oxygen atoms in total. The number of ether oxygens (including phenoxy) is 1. The molecule has 0 aliphatic heterocycles. The summed E-state index contributed by atoms with van der Waals surface area (Å²) in [5.41, 5.74) is 0.800. The van der Waals surface area contributed by atoms with Crippen molar-refractivity contribution in [2.24, 2.45) is 0 Å². The first-order valence-corrected chi connectivity index (χ1v) is 3.91. The van der Waals surface area contributed by atoms with E-state index in [2.05, 4.69) is 10.7 Å². The highest BCUT2D eigenvalue weighted by Crippen LogP contribution is 2.15. The molecule has 0 unspecified atom stereocenters. The molecule has 1 aromatic carbocycles. The molecule has 0 fully saturated rings. The Labute approximate surface area is 81.5 Å². The lowest BCUT2D eigenvalue weighted by molar-refractivity contribution is 0.0600. The van der Waals surface area contributed by atoms with E-state index in [-0.39, 0.29) is 0 Å². The first-order valence-electron chi connectivity index (χ1n) is 3.53. The van der Waals surface area contributed by atoms with Crippen LogP contribution in [0.3, 0.4) is 0 Å². The van der Waals surface area contributed by atoms with Crippen LogP contribution in [0.1, 0.15) is 15.9 Å². The summed E-state index contributed by atoms with van der Waals surface area (Å²) in [5, 5.41) is 0.501. The molecular weight excluding hydrogens is 188 g/mol. The minimum absolute atomic E-state index is 0.356. The number of hydrogen-bond acceptors (Lipinski definition) is 2. The molecule has 0 saturated heterocycles. The van der Waals surface area contributed by atoms with E-state index in [1.54, 1.807) is 18.2 Å². The van der Waals surface area contributed by atoms with Gasteiger partial charge in [0.05, 0.1) is 12.7 Å². The zero-order valence-electron chi connectivity index (χ0n) is 7.00. The highest BCUT2D eigenvalue weighted by molar-refractivity contribution is 6.30. The van der Waals surface area contributed by atoms with Crippen LogP contribution in [0, 0.1) is 12.3 Å². The molecular formula is C10H7ClO2. The number of methoxy groups -OCH3 is 1. The van der Waals surface area contributed by atoms with E-state index in [9.17, 15) is 4.79 Å². The molecule has 1 rings (SSSR count). The lowest BCUT2D eigenvalue weighted by atomic mass is 10.1. The van der Waals surface area contributed by atoms with Crippen LogP contribution < -0.4 is 0 Å². The van der Waals surface area contributed by atoms with Gasteiger partial charge in [-0.3, -0.25) is 0 Å². The average molecular weight is 195 g/mol. The van der Waals surface area contributed by atoms with Crippen molar-refractivity contribution >= 4 is 17.6 Å². The number of terminal acetylenes is 1. The van der Waals surface area contributed by atoms with E-state index in [1.165, 1.54) is 7.11 Å². The van der Waals surface area contributed by atoms with Gasteiger partial charge in [-0.05, 0) is 18.2 Å². The smallest absolute Gasteiger partial charge is 0.339 e. The van der Waals surface area contributed by atoms with E-state index in [0.717, 1.165) is 0 Å². The van der Waals surface area contributed by atoms with Gasteiger partial charge in [-0.1, -0.05) is 17.5 Å². The third-order valence-electron chi connectivity index (χ3n) is 1.54. The molecule has 0 saturated carbocycles. The van der Waals surface area contributed by atoms with Crippen molar-refractivity contribution in [1.29, 1.82) is 0 Å². The van der Waals surface area contributed by atoms with Gasteiger partial charge in [-0.2, -0.15) is 0 Å². The van der Waals surface area contributed by atoms with Crippen LogP contribution in [0.4, 0.5) is 0 Å². The van der Waals surface area contributed by atoms with E-state index in [0.29, 0.717) is 16.1 Å². The van der Waals surface area contributed by atoms with Crippen molar-refractivity contribution < 1.29 is 9.53 Å². The molecule has 1 aromatic rings. The maximum Gasteiger partial charge on any atom is 0.339 e. The molecule has 0 spiro atoms. The Bertz CT molecular complexity index is 377. The van der Waals surface area contributed by atoms with Gasteiger partial charge < -0.3 is 4.74 Å². The predicted octanol–water partition coefficient (Wildman–Crippen LogP) is 2.11. The van der Waals surface area contributed by atoms with E-state index < -0.39 is 5.97 Å². The van der Waals surface area contributed by atoms with Crippen molar-refractivity contribution in [2.45, 2.75) is 0 Å². The van der Waals surface area contributed by atoms with Crippen molar-refractivity contribution in [1.82, 2.24) is 0 Å². The third kappa shape index (κ3) is 2.01. The van der Waals surface area contributed by atoms with E-state index >= 15 is 0 Å². The number of carbonyl (C=O) groups is 1. The summed E-state index contributed by atoms with van der Waals surface area (Å²) in [5.74, 6) is 1.91. The quantitative estimate of drug-likeness (QED) is 0.506. The largest absolute Gasteiger partial charge is 0.465 e. The predicted molar refractivity (Wildman–Crippen MR) is 50.7 cm³/mol. The second-order valence-electron chi connectivity index (χ2n) is 2.33. The maximum atomic E-state index is 11.1. The monoisotopic (exact) mass is 194 g/mol. The number of rotatable bonds is 1. The number of hydrogen-bond donors (Lipinski definition) is 0. The first-order chi connectivity index (χ1) is 6.19. The third-order valence-corrected chi connectivity index (χ3v) is 1.78. The minimum Gasteiger partial charge on any atom is -0.465 e. The summed E-state index contributed by atoms with van der Waals surface area (Å²) in [6, 6.07) is 4.69. The van der Waals surface area contributed by atoms with Crippen LogP contribution in [-0.4, -0.2) is 13.1 Å². The van der Waals surface area contributed by atoms with Crippen LogP contribution in [0.15, 0.2) is 18.2 Å². The molecule has 0 atom stereocenters. The fraction of sp³-hybridized carbons (Fsp3) is 0.100. The number of halogens is 1. The van der Waals surface area contributed by atoms with Gasteiger partial charge in [0.2, 0.25) is 0 Å². The molecule has 13 heavy (non-hydrogen) atoms. The Kier molecular flexibility index (Phi) is 2.94. The van der Waals surface area contributed by atoms with Crippen molar-refractivity contribution in [3.63, 3.8) is 0 Å². The lowest BCUT2D eigenvalue weighted by Crippen LogP contribution is -2.03. The highest BCUT2D eigenvalue weighted by Gasteiger charge is 2.09. The molecule has 0 N–H and O–H groups in total. The van der Waals surface area contributed by atoms with Gasteiger partial charge in [-0.15, -0.1) is 6.42 Å². The molecule has 0 aliphatic rings. The summed E-state index contributed by atoms with van der Waals surface area (Å²) in [4.78, 5) is 11.1. The normalized spacial score (nSPS) is 9.00. The van der Waals surface area contributed by atoms with Crippen LogP contribution in [-0.2, 0) is 4.74 Å². The second kappa shape index (κ2) is 3.97. The standard InChI is InChI=1S/C10H7ClO2/c1-3-7-6-8(11)4-5-9(7)10(12)13-2/h1,4-6H,2H3. The van der Waals surface area contributed by atoms with E-state index in [4.69, 9.17) is 18.0 Å². The van der Waals surface area contributed by atoms with Crippen molar-refractivity contribution in [3.8, 4) is 12.3 Å². The average Bonchev–Trinajstić information content (AvgIpc) is 2.16. The Morgan fingerprint density at radius 2 is 2.31 bits per heavy atom. The van der Waals surface area contributed by atoms with Gasteiger partial charge in [0, 0.05) is 10.6 Å². The fourth-order valence-electron chi connectivity index (χ4n) is 0.924. The Balaban J connectivity index is 3.23. The first kappa shape index (κ1) is 9.63. The summed E-state index contributed by atoms with van der Waals surface area (Å²) in [6.45, 7) is 0. The Morgan fingerprint density at radius 1 is 1.62 bits per heavy atom. The topological polar surface area (TPSA) is 26.3 Å². The molecule has 0 amide bonds. The van der Waals surface area contributed by atoms with Crippen molar-refractivity contribution in [3.05, 3.63) is 34.3 Å². The SMILES string of the molecule is C#Cc1cc(Cl)ccc1C(=O)OC. The van der Waals surface area contributed by atoms with E-state index in [1.807, 2.05) is 0 Å². The summed E-state index contributed by atoms with van der Waals surface area (Å²) < 4.78 is 4.54. The second-order valence-corrected chi connectivity index (χ2v) is 2.76. The molecule has 3 heteroatoms. The molecule has 66 valence electrons. The number of carbonyl (C=O) groups excluding carboxylic acids is 1. The Morgan fingerprint density at radius 3 is 2.85 bits per heavy atom. The maximum absolute atomic E-state index is 11.1. The number of benzene rings is 1. The lowest BCUT2D eigenvalue weighted by Gasteiger charge is -2.02. The zero-order chi connectivity index (χ0) is 9.84. The summed E-state index contributed by atoms with van der Waals surface area (Å²) in [6.07, 6.45) is 5.20. The van der Waals surface area contributed by atoms with Gasteiger partial charge in [0.25, 0.3) is 0 Å². The molecule has 0 aliphatic carbocycles. The fourth-order valence-corrected chi connectivity index (χ4v) is 1.10. The van der Waals surface area contributed by atoms with Crippen LogP contribution in [0.25, 0.3) is 0 Å². The Hall–Kier alpha value is -1.46. The van der Waals surface area contributed by atoms with Crippen LogP contribution >= 0.6 is 11.6 Å². The zero-order valence-corrected chi connectivity index (χ0v) is 7.76. The highest BCUT2D eigenvalue weighted by atomic mass is 35.5. The molecule has 0 radical (unpaired) electrons. The number of esters is 1. The van der Waals surface area contributed by atoms with Gasteiger partial charge in [0.15, 0.2) is 0 Å². The molecule has 0 aromatic heterocycles. The summed E-state index contributed by atoms with van der Waals surface area (Å²) in [7, 11) is 1.30. The molecule has 0 heterocycles. The van der Waals surface area contributed by atoms with Crippen molar-refractivity contribution in [2.75, 3.05) is 7.11 Å². The summed E-state index contributed by atoms with van der Waals surface area (Å²) >= 11 is 5.70. The molecule has 0 bridgehead atoms. The minimum atomic E-state index is -0.454. The van der Waals surface area contributed by atoms with Gasteiger partial charge in [-0.25, -0.2) is 4.79 Å². The van der Waals surface area contributed by atoms with Crippen LogP contribution in [0.5, 0.6) is 0 Å². The van der Waals surface area contributed by atoms with Crippen LogP contribution in [0.2, 0.25) is 5.02 Å². The van der Waals surface area contributed by atoms with Gasteiger partial charge in [0.1, 0.15) is 0 Å². The van der Waals surface area contributed by atoms with Gasteiger partial charge >= 0.3 is 5.97 Å².